The highest BCUT2D eigenvalue weighted by Crippen LogP contribution is 2.23. The van der Waals surface area contributed by atoms with Gasteiger partial charge in [0.1, 0.15) is 17.3 Å². The second kappa shape index (κ2) is 4.65. The largest absolute Gasteiger partial charge is 0.457 e. The van der Waals surface area contributed by atoms with E-state index in [9.17, 15) is 9.18 Å². The van der Waals surface area contributed by atoms with E-state index < -0.39 is 11.7 Å². The van der Waals surface area contributed by atoms with Crippen LogP contribution < -0.4 is 10.5 Å². The lowest BCUT2D eigenvalue weighted by Gasteiger charge is -2.06. The zero-order valence-corrected chi connectivity index (χ0v) is 8.89. The van der Waals surface area contributed by atoms with Crippen LogP contribution in [0.2, 0.25) is 0 Å². The van der Waals surface area contributed by atoms with Gasteiger partial charge in [-0.3, -0.25) is 4.79 Å². The molecule has 0 bridgehead atoms. The molecule has 0 radical (unpaired) electrons. The fraction of sp³-hybridized carbons (Fsp3) is 0. The average molecular weight is 231 g/mol. The van der Waals surface area contributed by atoms with Gasteiger partial charge in [-0.25, -0.2) is 4.39 Å². The quantitative estimate of drug-likeness (QED) is 0.882. The van der Waals surface area contributed by atoms with Gasteiger partial charge in [-0.1, -0.05) is 18.2 Å². The number of hydrogen-bond donors (Lipinski definition) is 1. The molecule has 2 aromatic rings. The Balaban J connectivity index is 2.29. The molecule has 0 unspecified atom stereocenters. The van der Waals surface area contributed by atoms with Crippen LogP contribution >= 0.6 is 0 Å². The maximum Gasteiger partial charge on any atom is 0.251 e. The molecule has 1 amide bonds. The van der Waals surface area contributed by atoms with E-state index in [4.69, 9.17) is 10.5 Å². The minimum absolute atomic E-state index is 0.182. The highest BCUT2D eigenvalue weighted by atomic mass is 19.1. The SMILES string of the molecule is NC(=O)c1cc(Oc2ccccc2)ccc1F. The van der Waals surface area contributed by atoms with Gasteiger partial charge in [0.05, 0.1) is 5.56 Å². The number of hydrogen-bond acceptors (Lipinski definition) is 2. The zero-order valence-electron chi connectivity index (χ0n) is 8.89. The van der Waals surface area contributed by atoms with Crippen molar-refractivity contribution in [1.29, 1.82) is 0 Å². The molecule has 86 valence electrons. The van der Waals surface area contributed by atoms with E-state index >= 15 is 0 Å². The number of nitrogens with two attached hydrogens (primary N) is 1. The molecule has 2 rings (SSSR count). The lowest BCUT2D eigenvalue weighted by atomic mass is 10.2. The Hall–Kier alpha value is -2.36. The third-order valence-corrected chi connectivity index (χ3v) is 2.18. The molecule has 17 heavy (non-hydrogen) atoms. The van der Waals surface area contributed by atoms with Gasteiger partial charge >= 0.3 is 0 Å². The normalized spacial score (nSPS) is 9.94. The van der Waals surface area contributed by atoms with Crippen LogP contribution in [0.15, 0.2) is 48.5 Å². The van der Waals surface area contributed by atoms with E-state index in [1.165, 1.54) is 12.1 Å². The van der Waals surface area contributed by atoms with Crippen molar-refractivity contribution in [3.8, 4) is 11.5 Å². The standard InChI is InChI=1S/C13H10FNO2/c14-12-7-6-10(8-11(12)13(15)16)17-9-4-2-1-3-5-9/h1-8H,(H2,15,16). The molecule has 0 fully saturated rings. The van der Waals surface area contributed by atoms with Crippen LogP contribution in [0.3, 0.4) is 0 Å². The van der Waals surface area contributed by atoms with Gasteiger partial charge in [0.2, 0.25) is 0 Å². The molecule has 0 aliphatic carbocycles. The molecular formula is C13H10FNO2. The lowest BCUT2D eigenvalue weighted by molar-refractivity contribution is 0.0996. The van der Waals surface area contributed by atoms with Gasteiger partial charge < -0.3 is 10.5 Å². The Kier molecular flexibility index (Phi) is 3.05. The Morgan fingerprint density at radius 1 is 1.06 bits per heavy atom. The van der Waals surface area contributed by atoms with E-state index in [-0.39, 0.29) is 5.56 Å². The molecule has 0 saturated carbocycles. The number of para-hydroxylation sites is 1. The number of primary amides is 1. The fourth-order valence-corrected chi connectivity index (χ4v) is 1.38. The minimum Gasteiger partial charge on any atom is -0.457 e. The molecule has 0 saturated heterocycles. The third kappa shape index (κ3) is 2.60. The first-order valence-corrected chi connectivity index (χ1v) is 4.99. The van der Waals surface area contributed by atoms with Crippen molar-refractivity contribution in [3.63, 3.8) is 0 Å². The van der Waals surface area contributed by atoms with Crippen LogP contribution in [0.1, 0.15) is 10.4 Å². The van der Waals surface area contributed by atoms with E-state index in [1.54, 1.807) is 12.1 Å². The number of carbonyl (C=O) groups excluding carboxylic acids is 1. The Morgan fingerprint density at radius 2 is 1.76 bits per heavy atom. The summed E-state index contributed by atoms with van der Waals surface area (Å²) in [5.74, 6) is -0.500. The third-order valence-electron chi connectivity index (χ3n) is 2.18. The number of halogens is 1. The van der Waals surface area contributed by atoms with Gasteiger partial charge in [0, 0.05) is 0 Å². The lowest BCUT2D eigenvalue weighted by Crippen LogP contribution is -2.13. The molecule has 0 aliphatic rings. The first-order chi connectivity index (χ1) is 8.16. The predicted octanol–water partition coefficient (Wildman–Crippen LogP) is 2.72. The number of benzene rings is 2. The van der Waals surface area contributed by atoms with Crippen LogP contribution in [-0.2, 0) is 0 Å². The van der Waals surface area contributed by atoms with Crippen LogP contribution in [-0.4, -0.2) is 5.91 Å². The molecule has 3 nitrogen and oxygen atoms in total. The number of amides is 1. The molecule has 2 aromatic carbocycles. The monoisotopic (exact) mass is 231 g/mol. The summed E-state index contributed by atoms with van der Waals surface area (Å²) in [5.41, 5.74) is 4.86. The minimum atomic E-state index is -0.819. The van der Waals surface area contributed by atoms with Gasteiger partial charge in [-0.2, -0.15) is 0 Å². The van der Waals surface area contributed by atoms with Crippen molar-refractivity contribution in [1.82, 2.24) is 0 Å². The molecule has 4 heteroatoms. The number of rotatable bonds is 3. The summed E-state index contributed by atoms with van der Waals surface area (Å²) in [7, 11) is 0. The van der Waals surface area contributed by atoms with Crippen molar-refractivity contribution < 1.29 is 13.9 Å². The highest BCUT2D eigenvalue weighted by Gasteiger charge is 2.09. The summed E-state index contributed by atoms with van der Waals surface area (Å²) < 4.78 is 18.7. The second-order valence-electron chi connectivity index (χ2n) is 3.42. The van der Waals surface area contributed by atoms with E-state index in [0.29, 0.717) is 11.5 Å². The second-order valence-corrected chi connectivity index (χ2v) is 3.42. The van der Waals surface area contributed by atoms with Crippen LogP contribution in [0, 0.1) is 5.82 Å². The van der Waals surface area contributed by atoms with Crippen molar-refractivity contribution in [3.05, 3.63) is 59.9 Å². The Morgan fingerprint density at radius 3 is 2.41 bits per heavy atom. The van der Waals surface area contributed by atoms with Gasteiger partial charge in [0.15, 0.2) is 0 Å². The van der Waals surface area contributed by atoms with E-state index in [2.05, 4.69) is 0 Å². The first-order valence-electron chi connectivity index (χ1n) is 4.99. The van der Waals surface area contributed by atoms with Crippen molar-refractivity contribution >= 4 is 5.91 Å². The van der Waals surface area contributed by atoms with Crippen molar-refractivity contribution in [2.24, 2.45) is 5.73 Å². The van der Waals surface area contributed by atoms with Crippen LogP contribution in [0.5, 0.6) is 11.5 Å². The first kappa shape index (κ1) is 11.1. The van der Waals surface area contributed by atoms with Crippen LogP contribution in [0.25, 0.3) is 0 Å². The smallest absolute Gasteiger partial charge is 0.251 e. The van der Waals surface area contributed by atoms with E-state index in [0.717, 1.165) is 6.07 Å². The molecule has 2 N–H and O–H groups in total. The zero-order chi connectivity index (χ0) is 12.3. The van der Waals surface area contributed by atoms with E-state index in [1.807, 2.05) is 18.2 Å². The van der Waals surface area contributed by atoms with Gasteiger partial charge in [0.25, 0.3) is 5.91 Å². The maximum absolute atomic E-state index is 13.2. The summed E-state index contributed by atoms with van der Waals surface area (Å²) in [6.45, 7) is 0. The number of carbonyl (C=O) groups is 1. The summed E-state index contributed by atoms with van der Waals surface area (Å²) in [6.07, 6.45) is 0. The van der Waals surface area contributed by atoms with Crippen molar-refractivity contribution in [2.45, 2.75) is 0 Å². The highest BCUT2D eigenvalue weighted by molar-refractivity contribution is 5.93. The molecule has 0 spiro atoms. The molecular weight excluding hydrogens is 221 g/mol. The Labute approximate surface area is 97.6 Å². The topological polar surface area (TPSA) is 52.3 Å². The molecule has 0 atom stereocenters. The molecule has 0 heterocycles. The molecule has 0 aliphatic heterocycles. The maximum atomic E-state index is 13.2. The Bertz CT molecular complexity index is 540. The predicted molar refractivity (Wildman–Crippen MR) is 61.4 cm³/mol. The fourth-order valence-electron chi connectivity index (χ4n) is 1.38. The van der Waals surface area contributed by atoms with Crippen LogP contribution in [0.4, 0.5) is 4.39 Å². The van der Waals surface area contributed by atoms with Gasteiger partial charge in [-0.05, 0) is 30.3 Å². The summed E-state index contributed by atoms with van der Waals surface area (Å²) in [4.78, 5) is 11.0. The summed E-state index contributed by atoms with van der Waals surface area (Å²) in [6, 6.07) is 12.9. The van der Waals surface area contributed by atoms with Crippen molar-refractivity contribution in [2.75, 3.05) is 0 Å². The van der Waals surface area contributed by atoms with Gasteiger partial charge in [-0.15, -0.1) is 0 Å². The summed E-state index contributed by atoms with van der Waals surface area (Å²) in [5, 5.41) is 0. The molecule has 0 aromatic heterocycles. The number of ether oxygens (including phenoxy) is 1. The average Bonchev–Trinajstić information content (AvgIpc) is 2.32. The summed E-state index contributed by atoms with van der Waals surface area (Å²) >= 11 is 0.